The number of anilines is 1. The van der Waals surface area contributed by atoms with Gasteiger partial charge in [-0.25, -0.2) is 4.98 Å². The molecular formula is C29H22Cl2N4O3. The molecule has 0 aliphatic carbocycles. The summed E-state index contributed by atoms with van der Waals surface area (Å²) >= 11 is 12.0. The van der Waals surface area contributed by atoms with Crippen molar-refractivity contribution in [2.75, 3.05) is 5.32 Å². The summed E-state index contributed by atoms with van der Waals surface area (Å²) in [6.07, 6.45) is 5.27. The van der Waals surface area contributed by atoms with Gasteiger partial charge in [0.25, 0.3) is 11.8 Å². The zero-order valence-corrected chi connectivity index (χ0v) is 21.6. The molecule has 190 valence electrons. The molecule has 2 amide bonds. The Kier molecular flexibility index (Phi) is 7.49. The van der Waals surface area contributed by atoms with Gasteiger partial charge in [0, 0.05) is 54.1 Å². The number of aromatic nitrogens is 2. The van der Waals surface area contributed by atoms with Crippen molar-refractivity contribution in [2.45, 2.75) is 25.4 Å². The molecule has 7 nitrogen and oxygen atoms in total. The van der Waals surface area contributed by atoms with Crippen molar-refractivity contribution in [3.63, 3.8) is 0 Å². The predicted octanol–water partition coefficient (Wildman–Crippen LogP) is 5.41. The van der Waals surface area contributed by atoms with E-state index in [0.717, 1.165) is 11.1 Å². The van der Waals surface area contributed by atoms with Crippen LogP contribution in [0.2, 0.25) is 10.0 Å². The second-order valence-corrected chi connectivity index (χ2v) is 9.84. The van der Waals surface area contributed by atoms with Crippen LogP contribution in [0, 0.1) is 0 Å². The van der Waals surface area contributed by atoms with Crippen LogP contribution in [0.5, 0.6) is 0 Å². The molecule has 0 saturated heterocycles. The molecule has 38 heavy (non-hydrogen) atoms. The third-order valence-electron chi connectivity index (χ3n) is 6.36. The first kappa shape index (κ1) is 25.6. The molecule has 1 aliphatic rings. The Morgan fingerprint density at radius 3 is 2.45 bits per heavy atom. The normalized spacial score (nSPS) is 15.1. The molecule has 2 aromatic carbocycles. The fourth-order valence-electron chi connectivity index (χ4n) is 4.44. The van der Waals surface area contributed by atoms with Gasteiger partial charge >= 0.3 is 0 Å². The number of hydrogen-bond acceptors (Lipinski definition) is 5. The minimum atomic E-state index is -0.683. The number of carbonyl (C=O) groups is 3. The molecule has 9 heteroatoms. The molecule has 2 aromatic heterocycles. The van der Waals surface area contributed by atoms with Gasteiger partial charge in [-0.05, 0) is 65.2 Å². The van der Waals surface area contributed by atoms with E-state index < -0.39 is 6.04 Å². The van der Waals surface area contributed by atoms with Crippen LogP contribution in [0.4, 0.5) is 5.82 Å². The SMILES string of the molecule is O=C(Nc1ccc(Cl)cn1)c1ccc(CN2C(=O)c3ccc(Cl)cc3CC(=O)[C@H]2Cc2cccnc2)cc1. The van der Waals surface area contributed by atoms with Gasteiger partial charge in [0.1, 0.15) is 5.82 Å². The molecule has 3 heterocycles. The second kappa shape index (κ2) is 11.1. The average molecular weight is 545 g/mol. The van der Waals surface area contributed by atoms with Gasteiger partial charge in [-0.1, -0.05) is 41.4 Å². The lowest BCUT2D eigenvalue weighted by Gasteiger charge is -2.29. The van der Waals surface area contributed by atoms with Gasteiger partial charge in [0.2, 0.25) is 0 Å². The Morgan fingerprint density at radius 1 is 0.947 bits per heavy atom. The maximum atomic E-state index is 13.7. The van der Waals surface area contributed by atoms with Gasteiger partial charge in [-0.3, -0.25) is 19.4 Å². The van der Waals surface area contributed by atoms with E-state index in [1.54, 1.807) is 78.0 Å². The fourth-order valence-corrected chi connectivity index (χ4v) is 4.74. The van der Waals surface area contributed by atoms with Gasteiger partial charge in [0.05, 0.1) is 11.1 Å². The Bertz CT molecular complexity index is 1490. The monoisotopic (exact) mass is 544 g/mol. The number of benzene rings is 2. The van der Waals surface area contributed by atoms with Crippen LogP contribution in [0.25, 0.3) is 0 Å². The average Bonchev–Trinajstić information content (AvgIpc) is 3.00. The summed E-state index contributed by atoms with van der Waals surface area (Å²) in [4.78, 5) is 49.7. The van der Waals surface area contributed by atoms with Crippen LogP contribution < -0.4 is 5.32 Å². The number of pyridine rings is 2. The highest BCUT2D eigenvalue weighted by atomic mass is 35.5. The highest BCUT2D eigenvalue weighted by Crippen LogP contribution is 2.27. The summed E-state index contributed by atoms with van der Waals surface area (Å²) in [7, 11) is 0. The summed E-state index contributed by atoms with van der Waals surface area (Å²) in [6.45, 7) is 0.193. The van der Waals surface area contributed by atoms with Gasteiger partial charge in [-0.15, -0.1) is 0 Å². The number of rotatable bonds is 6. The fraction of sp³-hybridized carbons (Fsp3) is 0.138. The van der Waals surface area contributed by atoms with E-state index in [0.29, 0.717) is 39.0 Å². The first-order chi connectivity index (χ1) is 18.4. The predicted molar refractivity (Wildman–Crippen MR) is 145 cm³/mol. The van der Waals surface area contributed by atoms with E-state index in [2.05, 4.69) is 15.3 Å². The van der Waals surface area contributed by atoms with Crippen LogP contribution in [0.3, 0.4) is 0 Å². The molecule has 1 N–H and O–H groups in total. The summed E-state index contributed by atoms with van der Waals surface area (Å²) in [5.41, 5.74) is 3.14. The van der Waals surface area contributed by atoms with E-state index in [9.17, 15) is 14.4 Å². The Hall–Kier alpha value is -4.07. The maximum absolute atomic E-state index is 13.7. The zero-order chi connectivity index (χ0) is 26.6. The lowest BCUT2D eigenvalue weighted by Crippen LogP contribution is -2.44. The Labute approximate surface area is 229 Å². The summed E-state index contributed by atoms with van der Waals surface area (Å²) < 4.78 is 0. The standard InChI is InChI=1S/C29H22Cl2N4O3/c30-22-7-9-24-21(13-22)14-26(36)25(12-19-2-1-11-32-15-19)35(29(24)38)17-18-3-5-20(6-4-18)28(37)34-27-10-8-23(31)16-33-27/h1-11,13,15-16,25H,12,14,17H2,(H,33,34,37)/t25-/m1/s1. The molecule has 0 saturated carbocycles. The second-order valence-electron chi connectivity index (χ2n) is 8.97. The van der Waals surface area contributed by atoms with Crippen LogP contribution in [0.1, 0.15) is 37.4 Å². The highest BCUT2D eigenvalue weighted by Gasteiger charge is 2.35. The first-order valence-electron chi connectivity index (χ1n) is 11.9. The summed E-state index contributed by atoms with van der Waals surface area (Å²) in [5, 5.41) is 3.67. The van der Waals surface area contributed by atoms with Gasteiger partial charge < -0.3 is 10.2 Å². The molecule has 0 unspecified atom stereocenters. The number of halogens is 2. The van der Waals surface area contributed by atoms with Crippen LogP contribution in [0.15, 0.2) is 85.3 Å². The van der Waals surface area contributed by atoms with E-state index in [1.807, 2.05) is 6.07 Å². The van der Waals surface area contributed by atoms with Crippen molar-refractivity contribution >= 4 is 46.6 Å². The number of Topliss-reactive ketones (excluding diaryl/α,β-unsaturated/α-hetero) is 1. The van der Waals surface area contributed by atoms with Crippen molar-refractivity contribution in [1.82, 2.24) is 14.9 Å². The molecule has 0 fully saturated rings. The zero-order valence-electron chi connectivity index (χ0n) is 20.1. The quantitative estimate of drug-likeness (QED) is 0.350. The molecule has 4 aromatic rings. The smallest absolute Gasteiger partial charge is 0.256 e. The number of nitrogens with one attached hydrogen (secondary N) is 1. The number of carbonyl (C=O) groups excluding carboxylic acids is 3. The Morgan fingerprint density at radius 2 is 1.74 bits per heavy atom. The topological polar surface area (TPSA) is 92.3 Å². The van der Waals surface area contributed by atoms with Crippen LogP contribution in [-0.4, -0.2) is 38.5 Å². The van der Waals surface area contributed by atoms with Crippen molar-refractivity contribution < 1.29 is 14.4 Å². The van der Waals surface area contributed by atoms with E-state index in [4.69, 9.17) is 23.2 Å². The molecule has 0 spiro atoms. The molecule has 0 bridgehead atoms. The lowest BCUT2D eigenvalue weighted by atomic mass is 9.98. The highest BCUT2D eigenvalue weighted by molar-refractivity contribution is 6.31. The molecule has 0 radical (unpaired) electrons. The summed E-state index contributed by atoms with van der Waals surface area (Å²) in [6, 6.07) is 18.2. The van der Waals surface area contributed by atoms with Crippen molar-refractivity contribution in [3.8, 4) is 0 Å². The number of ketones is 1. The minimum Gasteiger partial charge on any atom is -0.324 e. The van der Waals surface area contributed by atoms with Crippen molar-refractivity contribution in [3.05, 3.63) is 123 Å². The maximum Gasteiger partial charge on any atom is 0.256 e. The number of fused-ring (bicyclic) bond motifs is 1. The third kappa shape index (κ3) is 5.74. The molecule has 1 atom stereocenters. The first-order valence-corrected chi connectivity index (χ1v) is 12.7. The minimum absolute atomic E-state index is 0.0744. The van der Waals surface area contributed by atoms with Crippen LogP contribution >= 0.6 is 23.2 Å². The van der Waals surface area contributed by atoms with Gasteiger partial charge in [-0.2, -0.15) is 0 Å². The Balaban J connectivity index is 1.40. The van der Waals surface area contributed by atoms with Crippen molar-refractivity contribution in [1.29, 1.82) is 0 Å². The molecule has 5 rings (SSSR count). The number of hydrogen-bond donors (Lipinski definition) is 1. The van der Waals surface area contributed by atoms with Crippen LogP contribution in [-0.2, 0) is 24.2 Å². The van der Waals surface area contributed by atoms with Gasteiger partial charge in [0.15, 0.2) is 5.78 Å². The summed E-state index contributed by atoms with van der Waals surface area (Å²) in [5.74, 6) is -0.261. The lowest BCUT2D eigenvalue weighted by molar-refractivity contribution is -0.122. The number of amides is 2. The largest absolute Gasteiger partial charge is 0.324 e. The van der Waals surface area contributed by atoms with Crippen molar-refractivity contribution in [2.24, 2.45) is 0 Å². The van der Waals surface area contributed by atoms with E-state index in [1.165, 1.54) is 6.20 Å². The van der Waals surface area contributed by atoms with E-state index >= 15 is 0 Å². The third-order valence-corrected chi connectivity index (χ3v) is 6.82. The number of nitrogens with zero attached hydrogens (tertiary/aromatic N) is 3. The molecule has 1 aliphatic heterocycles. The molecular weight excluding hydrogens is 523 g/mol. The van der Waals surface area contributed by atoms with E-state index in [-0.39, 0.29) is 30.6 Å².